The number of nitrogens with one attached hydrogen (secondary N) is 3. The maximum atomic E-state index is 13.9. The summed E-state index contributed by atoms with van der Waals surface area (Å²) in [4.78, 5) is 48.6. The van der Waals surface area contributed by atoms with Crippen molar-refractivity contribution in [1.29, 1.82) is 0 Å². The van der Waals surface area contributed by atoms with Crippen molar-refractivity contribution in [3.8, 4) is 0 Å². The number of allylic oxidation sites excluding steroid dienone is 4. The van der Waals surface area contributed by atoms with E-state index in [1.54, 1.807) is 12.3 Å². The molecule has 0 aliphatic carbocycles. The summed E-state index contributed by atoms with van der Waals surface area (Å²) in [5.74, 6) is -0.0203. The number of hydrogen-bond acceptors (Lipinski definition) is 7. The van der Waals surface area contributed by atoms with Crippen LogP contribution in [0.4, 0.5) is 10.5 Å². The monoisotopic (exact) mass is 644 g/mol. The Labute approximate surface area is 279 Å². The number of piperidine rings is 3. The molecule has 5 rings (SSSR count). The van der Waals surface area contributed by atoms with Gasteiger partial charge in [-0.05, 0) is 82.3 Å². The Bertz CT molecular complexity index is 1320. The summed E-state index contributed by atoms with van der Waals surface area (Å²) >= 11 is 0. The van der Waals surface area contributed by atoms with Gasteiger partial charge in [-0.2, -0.15) is 5.10 Å². The normalized spacial score (nSPS) is 21.2. The summed E-state index contributed by atoms with van der Waals surface area (Å²) in [5, 5.41) is 10.5. The molecule has 4 aliphatic rings. The largest absolute Gasteiger partial charge is 0.342 e. The highest BCUT2D eigenvalue weighted by atomic mass is 16.2. The lowest BCUT2D eigenvalue weighted by molar-refractivity contribution is -0.140. The van der Waals surface area contributed by atoms with Crippen LogP contribution in [0.15, 0.2) is 65.9 Å². The third-order valence-corrected chi connectivity index (χ3v) is 9.87. The van der Waals surface area contributed by atoms with Crippen LogP contribution in [0, 0.1) is 0 Å². The molecule has 0 saturated carbocycles. The number of benzene rings is 1. The van der Waals surface area contributed by atoms with Crippen molar-refractivity contribution in [3.05, 3.63) is 66.4 Å². The average molecular weight is 645 g/mol. The molecule has 1 atom stereocenters. The molecule has 0 bridgehead atoms. The third kappa shape index (κ3) is 9.54. The minimum Gasteiger partial charge on any atom is -0.342 e. The molecular formula is C36H52N8O3. The molecule has 3 N–H and O–H groups in total. The highest BCUT2D eigenvalue weighted by Gasteiger charge is 2.35. The number of amides is 4. The molecule has 254 valence electrons. The van der Waals surface area contributed by atoms with Crippen LogP contribution in [0.5, 0.6) is 0 Å². The summed E-state index contributed by atoms with van der Waals surface area (Å²) < 4.78 is 0. The van der Waals surface area contributed by atoms with Gasteiger partial charge in [-0.15, -0.1) is 0 Å². The molecule has 1 aromatic rings. The van der Waals surface area contributed by atoms with Gasteiger partial charge >= 0.3 is 6.03 Å². The van der Waals surface area contributed by atoms with Crippen LogP contribution in [-0.4, -0.2) is 108 Å². The molecule has 4 aliphatic heterocycles. The maximum absolute atomic E-state index is 13.9. The fraction of sp³-hybridized carbons (Fsp3) is 0.556. The van der Waals surface area contributed by atoms with E-state index in [2.05, 4.69) is 32.6 Å². The van der Waals surface area contributed by atoms with Gasteiger partial charge in [-0.3, -0.25) is 15.0 Å². The van der Waals surface area contributed by atoms with Crippen molar-refractivity contribution >= 4 is 29.7 Å². The standard InChI is InChI=1S/C36H52N8O3/c1-3-11-28(2)40-38-19-8-7-18-37-33(35(46)43-24-14-30(15-25-43)41-20-9-4-10-21-41)26-34(45)42-22-16-31(17-23-42)44-27-29-12-5-6-13-32(29)39-36(44)47/h3,5-8,11-13,19,30-31,33,37,40H,1,4,9-10,14-18,20-27H2,2H3,(H,39,47)/b8-7+,28-11+,38-19-. The summed E-state index contributed by atoms with van der Waals surface area (Å²) in [6.45, 7) is 11.5. The van der Waals surface area contributed by atoms with E-state index in [-0.39, 0.29) is 30.3 Å². The number of anilines is 1. The lowest BCUT2D eigenvalue weighted by Crippen LogP contribution is -2.55. The number of rotatable bonds is 12. The number of hydrogen-bond donors (Lipinski definition) is 3. The molecule has 1 unspecified atom stereocenters. The lowest BCUT2D eigenvalue weighted by Gasteiger charge is -2.41. The van der Waals surface area contributed by atoms with Crippen molar-refractivity contribution in [3.63, 3.8) is 0 Å². The van der Waals surface area contributed by atoms with Crippen LogP contribution in [-0.2, 0) is 16.1 Å². The molecule has 4 amide bonds. The first kappa shape index (κ1) is 34.4. The Morgan fingerprint density at radius 3 is 2.45 bits per heavy atom. The summed E-state index contributed by atoms with van der Waals surface area (Å²) in [5.41, 5.74) is 5.77. The number of carbonyl (C=O) groups excluding carboxylic acids is 3. The minimum absolute atomic E-state index is 0.00269. The van der Waals surface area contributed by atoms with Crippen LogP contribution < -0.4 is 16.1 Å². The zero-order valence-corrected chi connectivity index (χ0v) is 27.9. The topological polar surface area (TPSA) is 113 Å². The molecule has 47 heavy (non-hydrogen) atoms. The van der Waals surface area contributed by atoms with E-state index in [4.69, 9.17) is 0 Å². The first-order chi connectivity index (χ1) is 22.9. The first-order valence-electron chi connectivity index (χ1n) is 17.4. The quantitative estimate of drug-likeness (QED) is 0.180. The van der Waals surface area contributed by atoms with E-state index >= 15 is 0 Å². The predicted octanol–water partition coefficient (Wildman–Crippen LogP) is 4.07. The van der Waals surface area contributed by atoms with E-state index in [0.717, 1.165) is 55.7 Å². The van der Waals surface area contributed by atoms with Gasteiger partial charge in [0.25, 0.3) is 0 Å². The fourth-order valence-electron chi connectivity index (χ4n) is 7.19. The van der Waals surface area contributed by atoms with Crippen LogP contribution in [0.1, 0.15) is 63.9 Å². The summed E-state index contributed by atoms with van der Waals surface area (Å²) in [7, 11) is 0. The van der Waals surface area contributed by atoms with E-state index in [9.17, 15) is 14.4 Å². The highest BCUT2D eigenvalue weighted by molar-refractivity contribution is 5.92. The zero-order valence-electron chi connectivity index (χ0n) is 27.9. The van der Waals surface area contributed by atoms with E-state index in [0.29, 0.717) is 32.2 Å². The van der Waals surface area contributed by atoms with Gasteiger partial charge in [0.2, 0.25) is 11.8 Å². The van der Waals surface area contributed by atoms with Gasteiger partial charge < -0.3 is 30.2 Å². The first-order valence-corrected chi connectivity index (χ1v) is 17.4. The highest BCUT2D eigenvalue weighted by Crippen LogP contribution is 2.28. The molecule has 0 radical (unpaired) electrons. The number of fused-ring (bicyclic) bond motifs is 1. The molecule has 4 heterocycles. The zero-order chi connectivity index (χ0) is 33.0. The Hall–Kier alpha value is -3.96. The Morgan fingerprint density at radius 1 is 1.00 bits per heavy atom. The summed E-state index contributed by atoms with van der Waals surface area (Å²) in [6.07, 6.45) is 16.3. The van der Waals surface area contributed by atoms with Crippen LogP contribution in [0.25, 0.3) is 0 Å². The van der Waals surface area contributed by atoms with Crippen molar-refractivity contribution < 1.29 is 14.4 Å². The van der Waals surface area contributed by atoms with Crippen molar-refractivity contribution in [2.45, 2.75) is 83.0 Å². The fourth-order valence-corrected chi connectivity index (χ4v) is 7.19. The van der Waals surface area contributed by atoms with E-state index in [1.807, 2.05) is 64.1 Å². The number of para-hydroxylation sites is 1. The second-order valence-electron chi connectivity index (χ2n) is 13.0. The van der Waals surface area contributed by atoms with Crippen LogP contribution >= 0.6 is 0 Å². The van der Waals surface area contributed by atoms with E-state index in [1.165, 1.54) is 32.4 Å². The van der Waals surface area contributed by atoms with Crippen molar-refractivity contribution in [2.75, 3.05) is 51.1 Å². The Balaban J connectivity index is 1.15. The smallest absolute Gasteiger partial charge is 0.322 e. The summed E-state index contributed by atoms with van der Waals surface area (Å²) in [6, 6.07) is 7.83. The number of urea groups is 1. The third-order valence-electron chi connectivity index (χ3n) is 9.87. The molecule has 3 fully saturated rings. The molecule has 3 saturated heterocycles. The number of hydrazone groups is 1. The lowest BCUT2D eigenvalue weighted by atomic mass is 9.98. The second kappa shape index (κ2) is 17.3. The minimum atomic E-state index is -0.603. The predicted molar refractivity (Wildman–Crippen MR) is 187 cm³/mol. The van der Waals surface area contributed by atoms with Crippen LogP contribution in [0.3, 0.4) is 0 Å². The van der Waals surface area contributed by atoms with Crippen LogP contribution in [0.2, 0.25) is 0 Å². The van der Waals surface area contributed by atoms with Crippen molar-refractivity contribution in [2.24, 2.45) is 5.10 Å². The van der Waals surface area contributed by atoms with Gasteiger partial charge in [0.1, 0.15) is 0 Å². The van der Waals surface area contributed by atoms with Gasteiger partial charge in [-0.1, -0.05) is 43.4 Å². The molecule has 0 aromatic heterocycles. The number of carbonyl (C=O) groups is 3. The number of nitrogens with zero attached hydrogens (tertiary/aromatic N) is 5. The molecule has 11 nitrogen and oxygen atoms in total. The van der Waals surface area contributed by atoms with Gasteiger partial charge in [0.05, 0.1) is 12.5 Å². The molecular weight excluding hydrogens is 592 g/mol. The second-order valence-corrected chi connectivity index (χ2v) is 13.0. The molecule has 1 aromatic carbocycles. The van der Waals surface area contributed by atoms with Crippen molar-refractivity contribution in [1.82, 2.24) is 30.3 Å². The Morgan fingerprint density at radius 2 is 1.70 bits per heavy atom. The van der Waals surface area contributed by atoms with Gasteiger partial charge in [0.15, 0.2) is 0 Å². The SMILES string of the molecule is C=C/C=C(\C)N/N=C\C=C\CNC(CC(=O)N1CCC(N2Cc3ccccc3NC2=O)CC1)C(=O)N1CCC(N2CCCCC2)CC1. The molecule has 11 heteroatoms. The molecule has 0 spiro atoms. The number of likely N-dealkylation sites (tertiary alicyclic amines) is 3. The maximum Gasteiger partial charge on any atom is 0.322 e. The van der Waals surface area contributed by atoms with Gasteiger partial charge in [-0.25, -0.2) is 4.79 Å². The average Bonchev–Trinajstić information content (AvgIpc) is 3.10. The van der Waals surface area contributed by atoms with E-state index < -0.39 is 6.04 Å². The Kier molecular flexibility index (Phi) is 12.6. The van der Waals surface area contributed by atoms with Gasteiger partial charge in [0, 0.05) is 69.0 Å².